The van der Waals surface area contributed by atoms with Crippen LogP contribution in [-0.4, -0.2) is 164 Å². The fraction of sp³-hybridized carbons (Fsp3) is 0.424. The van der Waals surface area contributed by atoms with Gasteiger partial charge in [-0.1, -0.05) is 36.4 Å². The molecule has 24 heteroatoms. The third kappa shape index (κ3) is 17.2. The van der Waals surface area contributed by atoms with Gasteiger partial charge in [0.1, 0.15) is 18.8 Å². The molecule has 0 saturated carbocycles. The summed E-state index contributed by atoms with van der Waals surface area (Å²) in [6.07, 6.45) is 4.34. The monoisotopic (exact) mass is 1240 g/mol. The van der Waals surface area contributed by atoms with Crippen molar-refractivity contribution in [3.05, 3.63) is 124 Å². The lowest BCUT2D eigenvalue weighted by molar-refractivity contribution is -0.154. The lowest BCUT2D eigenvalue weighted by Crippen LogP contribution is -2.44. The third-order valence-corrected chi connectivity index (χ3v) is 15.2. The second-order valence-corrected chi connectivity index (χ2v) is 22.8. The van der Waals surface area contributed by atoms with Crippen LogP contribution in [0, 0.1) is 0 Å². The number of rotatable bonds is 31. The molecule has 0 radical (unpaired) electrons. The highest BCUT2D eigenvalue weighted by Crippen LogP contribution is 2.46. The van der Waals surface area contributed by atoms with Crippen molar-refractivity contribution in [3.63, 3.8) is 0 Å². The molecule has 5 aromatic rings. The summed E-state index contributed by atoms with van der Waals surface area (Å²) in [7, 11) is 4.66. The van der Waals surface area contributed by atoms with Gasteiger partial charge in [0.2, 0.25) is 23.6 Å². The van der Waals surface area contributed by atoms with Gasteiger partial charge in [0.05, 0.1) is 102 Å². The van der Waals surface area contributed by atoms with E-state index in [-0.39, 0.29) is 63.7 Å². The number of nitrogens with zero attached hydrogens (tertiary/aromatic N) is 5. The summed E-state index contributed by atoms with van der Waals surface area (Å²) >= 11 is 0. The number of anilines is 3. The molecule has 0 saturated heterocycles. The number of carbonyl (C=O) groups is 6. The van der Waals surface area contributed by atoms with Crippen LogP contribution in [0.25, 0.3) is 0 Å². The van der Waals surface area contributed by atoms with E-state index in [2.05, 4.69) is 32.2 Å². The number of esters is 1. The summed E-state index contributed by atoms with van der Waals surface area (Å²) in [6, 6.07) is 28.3. The fourth-order valence-electron chi connectivity index (χ4n) is 10.9. The van der Waals surface area contributed by atoms with E-state index < -0.39 is 54.5 Å². The average Bonchev–Trinajstić information content (AvgIpc) is 1.61. The number of aliphatic hydroxyl groups excluding tert-OH is 1. The highest BCUT2D eigenvalue weighted by atomic mass is 16.6. The molecule has 0 aliphatic carbocycles. The number of ether oxygens (including phenoxy) is 8. The molecule has 0 fully saturated rings. The Labute approximate surface area is 523 Å². The van der Waals surface area contributed by atoms with Crippen LogP contribution < -0.4 is 54.9 Å². The van der Waals surface area contributed by atoms with E-state index >= 15 is 0 Å². The molecule has 4 aliphatic heterocycles. The van der Waals surface area contributed by atoms with Crippen LogP contribution in [0.15, 0.2) is 101 Å². The van der Waals surface area contributed by atoms with Crippen molar-refractivity contribution < 1.29 is 71.8 Å². The first-order chi connectivity index (χ1) is 43.5. The number of aliphatic hydroxyl groups is 1. The molecule has 0 aromatic heterocycles. The van der Waals surface area contributed by atoms with Crippen LogP contribution in [0.3, 0.4) is 0 Å². The quantitative estimate of drug-likeness (QED) is 0.0261. The number of nitrogens with one attached hydrogen (secondary N) is 4. The Kier molecular flexibility index (Phi) is 22.4. The standard InChI is InChI=1S/C66H79N9O15/c1-66(2,3)90-63(80)17-18-67-60(77)37-71-62(79)39-72-61(78)38-70-59(76)16-11-19-73(20-21-86-24-25-87-23-22-83-4)46-27-42(40-88-57-33-51-49(31-55(57)84-5)64(81)74-47(35-68-51)29-44-12-7-9-14-53(44)74)26-43(28-46)41-89-58-34-52-50(32-56(58)85-6)65(82)75-48(36-69-52)30-45-13-8-10-15-54(45)75/h7-10,12-15,26-28,31-36,47-48,64,81H,11,16-25,29-30,37-41H2,1-6H3,(H,67,77)(H,70,76)(H,71,79)(H,72,78). The number of carbonyl (C=O) groups excluding carboxylic acids is 6. The van der Waals surface area contributed by atoms with Gasteiger partial charge in [0.25, 0.3) is 5.91 Å². The summed E-state index contributed by atoms with van der Waals surface area (Å²) in [6.45, 7) is 6.70. The maximum absolute atomic E-state index is 14.3. The van der Waals surface area contributed by atoms with Crippen LogP contribution in [0.1, 0.15) is 84.4 Å². The molecule has 0 bridgehead atoms. The number of benzene rings is 5. The highest BCUT2D eigenvalue weighted by molar-refractivity contribution is 6.14. The van der Waals surface area contributed by atoms with Crippen molar-refractivity contribution in [1.29, 1.82) is 0 Å². The number of methoxy groups -OCH3 is 3. The van der Waals surface area contributed by atoms with Gasteiger partial charge >= 0.3 is 5.97 Å². The summed E-state index contributed by atoms with van der Waals surface area (Å²) in [5.41, 5.74) is 7.47. The number of hydrogen-bond donors (Lipinski definition) is 5. The van der Waals surface area contributed by atoms with Gasteiger partial charge in [-0.25, -0.2) is 0 Å². The van der Waals surface area contributed by atoms with Crippen molar-refractivity contribution in [2.75, 3.05) is 108 Å². The maximum atomic E-state index is 14.3. The second kappa shape index (κ2) is 30.9. The largest absolute Gasteiger partial charge is 0.493 e. The second-order valence-electron chi connectivity index (χ2n) is 22.8. The average molecular weight is 1240 g/mol. The number of hydrogen-bond acceptors (Lipinski definition) is 19. The summed E-state index contributed by atoms with van der Waals surface area (Å²) in [5.74, 6) is -1.34. The van der Waals surface area contributed by atoms with Crippen LogP contribution in [0.4, 0.5) is 28.4 Å². The smallest absolute Gasteiger partial charge is 0.308 e. The van der Waals surface area contributed by atoms with E-state index in [1.165, 1.54) is 7.11 Å². The Hall–Kier alpha value is -9.10. The lowest BCUT2D eigenvalue weighted by atomic mass is 10.1. The Morgan fingerprint density at radius 3 is 1.86 bits per heavy atom. The summed E-state index contributed by atoms with van der Waals surface area (Å²) in [4.78, 5) is 92.3. The Balaban J connectivity index is 0.897. The molecule has 9 rings (SSSR count). The molecule has 4 heterocycles. The predicted molar refractivity (Wildman–Crippen MR) is 337 cm³/mol. The van der Waals surface area contributed by atoms with Crippen LogP contribution >= 0.6 is 0 Å². The molecule has 24 nitrogen and oxygen atoms in total. The number of aliphatic imine (C=N–C) groups is 2. The van der Waals surface area contributed by atoms with E-state index in [1.54, 1.807) is 70.4 Å². The van der Waals surface area contributed by atoms with Gasteiger partial charge < -0.3 is 74.1 Å². The van der Waals surface area contributed by atoms with Gasteiger partial charge in [0, 0.05) is 93.2 Å². The van der Waals surface area contributed by atoms with Crippen LogP contribution in [0.2, 0.25) is 0 Å². The number of fused-ring (bicyclic) bond motifs is 8. The topological polar surface area (TPSA) is 279 Å². The molecule has 0 spiro atoms. The van der Waals surface area contributed by atoms with Gasteiger partial charge in [-0.2, -0.15) is 0 Å². The SMILES string of the molecule is COCCOCCOCCN(CCCC(=O)NCC(=O)NCC(=O)NCC(=O)NCCC(=O)OC(C)(C)C)c1cc(COc2cc3c(cc2OC)C(=O)N2c4ccccc4CC2C=N3)cc(COc2cc3c(cc2OC)C(O)N2c4ccccc4CC2C=N3)c1. The Morgan fingerprint density at radius 1 is 0.622 bits per heavy atom. The van der Waals surface area contributed by atoms with Gasteiger partial charge in [-0.3, -0.25) is 43.7 Å². The van der Waals surface area contributed by atoms with Crippen LogP contribution in [-0.2, 0) is 69.0 Å². The predicted octanol–water partition coefficient (Wildman–Crippen LogP) is 5.75. The zero-order valence-corrected chi connectivity index (χ0v) is 51.7. The summed E-state index contributed by atoms with van der Waals surface area (Å²) < 4.78 is 47.0. The third-order valence-electron chi connectivity index (χ3n) is 15.2. The molecule has 478 valence electrons. The van der Waals surface area contributed by atoms with E-state index in [9.17, 15) is 33.9 Å². The molecule has 3 atom stereocenters. The molecule has 5 N–H and O–H groups in total. The molecule has 4 aliphatic rings. The Bertz CT molecular complexity index is 3460. The number of para-hydroxylation sites is 2. The van der Waals surface area contributed by atoms with Crippen molar-refractivity contribution in [2.24, 2.45) is 9.98 Å². The fourth-order valence-corrected chi connectivity index (χ4v) is 10.9. The van der Waals surface area contributed by atoms with E-state index in [0.29, 0.717) is 104 Å². The zero-order valence-electron chi connectivity index (χ0n) is 51.7. The molecule has 90 heavy (non-hydrogen) atoms. The summed E-state index contributed by atoms with van der Waals surface area (Å²) in [5, 5.41) is 21.9. The first kappa shape index (κ1) is 65.3. The van der Waals surface area contributed by atoms with Crippen molar-refractivity contribution in [3.8, 4) is 23.0 Å². The molecule has 5 aromatic carbocycles. The van der Waals surface area contributed by atoms with Crippen molar-refractivity contribution in [1.82, 2.24) is 21.3 Å². The van der Waals surface area contributed by atoms with Gasteiger partial charge in [0.15, 0.2) is 29.2 Å². The van der Waals surface area contributed by atoms with Gasteiger partial charge in [-0.05, 0) is 91.9 Å². The van der Waals surface area contributed by atoms with Crippen molar-refractivity contribution >= 4 is 76.4 Å². The molecular formula is C66H79N9O15. The molecule has 3 unspecified atom stereocenters. The molecular weight excluding hydrogens is 1160 g/mol. The molecule has 5 amide bonds. The minimum absolute atomic E-state index is 0.0260. The highest BCUT2D eigenvalue weighted by Gasteiger charge is 2.38. The first-order valence-electron chi connectivity index (χ1n) is 30.0. The van der Waals surface area contributed by atoms with E-state index in [1.807, 2.05) is 71.8 Å². The van der Waals surface area contributed by atoms with E-state index in [4.69, 9.17) is 47.9 Å². The normalized spacial score (nSPS) is 15.8. The van der Waals surface area contributed by atoms with E-state index in [0.717, 1.165) is 39.3 Å². The number of amides is 5. The Morgan fingerprint density at radius 2 is 1.19 bits per heavy atom. The minimum atomic E-state index is -1.01. The van der Waals surface area contributed by atoms with Crippen molar-refractivity contribution in [2.45, 2.75) is 90.0 Å². The van der Waals surface area contributed by atoms with Gasteiger partial charge in [-0.15, -0.1) is 0 Å². The lowest BCUT2D eigenvalue weighted by Gasteiger charge is -2.29. The minimum Gasteiger partial charge on any atom is -0.493 e. The van der Waals surface area contributed by atoms with Crippen LogP contribution in [0.5, 0.6) is 23.0 Å². The maximum Gasteiger partial charge on any atom is 0.308 e. The first-order valence-corrected chi connectivity index (χ1v) is 30.0. The zero-order chi connectivity index (χ0) is 63.7.